The Hall–Kier alpha value is -3.39. The van der Waals surface area contributed by atoms with Crippen molar-refractivity contribution >= 4 is 29.3 Å². The van der Waals surface area contributed by atoms with E-state index in [0.717, 1.165) is 24.3 Å². The highest BCUT2D eigenvalue weighted by molar-refractivity contribution is 6.25. The number of fused-ring (bicyclic) bond motifs is 1. The molecule has 0 saturated carbocycles. The highest BCUT2D eigenvalue weighted by Crippen LogP contribution is 2.35. The number of carbonyl (C=O) groups excluding carboxylic acids is 4. The quantitative estimate of drug-likeness (QED) is 0.357. The molecule has 29 heavy (non-hydrogen) atoms. The first-order valence-corrected chi connectivity index (χ1v) is 9.61. The largest absolute Gasteiger partial charge is 0.371 e. The number of azide groups is 1. The van der Waals surface area contributed by atoms with Gasteiger partial charge in [-0.25, -0.2) is 0 Å². The van der Waals surface area contributed by atoms with E-state index in [1.165, 1.54) is 0 Å². The third kappa shape index (κ3) is 3.31. The smallest absolute Gasteiger partial charge is 0.264 e. The van der Waals surface area contributed by atoms with E-state index in [4.69, 9.17) is 5.53 Å². The van der Waals surface area contributed by atoms with E-state index >= 15 is 0 Å². The minimum atomic E-state index is -0.980. The van der Waals surface area contributed by atoms with Gasteiger partial charge in [0.25, 0.3) is 11.8 Å². The normalized spacial score (nSPS) is 24.3. The van der Waals surface area contributed by atoms with E-state index in [1.54, 1.807) is 18.2 Å². The molecule has 4 amide bonds. The van der Waals surface area contributed by atoms with Crippen molar-refractivity contribution in [3.8, 4) is 0 Å². The Morgan fingerprint density at radius 1 is 1.17 bits per heavy atom. The fourth-order valence-electron chi connectivity index (χ4n) is 4.35. The van der Waals surface area contributed by atoms with E-state index in [9.17, 15) is 19.2 Å². The van der Waals surface area contributed by atoms with Crippen LogP contribution in [0.5, 0.6) is 0 Å². The Morgan fingerprint density at radius 2 is 2.00 bits per heavy atom. The first kappa shape index (κ1) is 18.9. The summed E-state index contributed by atoms with van der Waals surface area (Å²) in [5.74, 6) is -1.86. The number of amides is 4. The minimum absolute atomic E-state index is 0.0872. The van der Waals surface area contributed by atoms with E-state index in [2.05, 4.69) is 15.3 Å². The van der Waals surface area contributed by atoms with Gasteiger partial charge in [0.2, 0.25) is 11.8 Å². The molecule has 0 bridgehead atoms. The van der Waals surface area contributed by atoms with Gasteiger partial charge in [0.1, 0.15) is 6.04 Å². The second kappa shape index (κ2) is 7.56. The molecular formula is C19H20N6O4. The fourth-order valence-corrected chi connectivity index (χ4v) is 4.35. The third-order valence-electron chi connectivity index (χ3n) is 5.71. The molecule has 10 heteroatoms. The minimum Gasteiger partial charge on any atom is -0.371 e. The summed E-state index contributed by atoms with van der Waals surface area (Å²) in [4.78, 5) is 55.6. The summed E-state index contributed by atoms with van der Waals surface area (Å²) in [7, 11) is 0. The van der Waals surface area contributed by atoms with Crippen LogP contribution in [0.25, 0.3) is 10.4 Å². The lowest BCUT2D eigenvalue weighted by atomic mass is 9.96. The lowest BCUT2D eigenvalue weighted by Crippen LogP contribution is -2.54. The first-order valence-electron chi connectivity index (χ1n) is 9.61. The molecule has 1 aromatic rings. The van der Waals surface area contributed by atoms with Crippen molar-refractivity contribution in [3.05, 3.63) is 39.8 Å². The molecule has 0 aliphatic carbocycles. The third-order valence-corrected chi connectivity index (χ3v) is 5.71. The van der Waals surface area contributed by atoms with Crippen molar-refractivity contribution in [1.29, 1.82) is 0 Å². The molecular weight excluding hydrogens is 376 g/mol. The summed E-state index contributed by atoms with van der Waals surface area (Å²) >= 11 is 0. The number of anilines is 1. The van der Waals surface area contributed by atoms with E-state index < -0.39 is 29.7 Å². The van der Waals surface area contributed by atoms with Crippen LogP contribution in [0.3, 0.4) is 0 Å². The number of nitrogens with zero attached hydrogens (tertiary/aromatic N) is 5. The summed E-state index contributed by atoms with van der Waals surface area (Å²) in [5, 5.41) is 5.87. The number of benzene rings is 1. The molecule has 3 heterocycles. The molecule has 0 radical (unpaired) electrons. The number of hydrogen-bond donors (Lipinski definition) is 1. The number of imide groups is 2. The maximum absolute atomic E-state index is 13.2. The van der Waals surface area contributed by atoms with Gasteiger partial charge in [0, 0.05) is 31.0 Å². The average Bonchev–Trinajstić information content (AvgIpc) is 2.97. The summed E-state index contributed by atoms with van der Waals surface area (Å²) in [5.41, 5.74) is 9.79. The van der Waals surface area contributed by atoms with Gasteiger partial charge in [-0.15, -0.1) is 0 Å². The molecule has 10 nitrogen and oxygen atoms in total. The number of hydrogen-bond acceptors (Lipinski definition) is 6. The number of nitrogens with one attached hydrogen (secondary N) is 1. The summed E-state index contributed by atoms with van der Waals surface area (Å²) in [6.45, 7) is 1.73. The van der Waals surface area contributed by atoms with Crippen LogP contribution >= 0.6 is 0 Å². The van der Waals surface area contributed by atoms with Gasteiger partial charge in [-0.2, -0.15) is 0 Å². The monoisotopic (exact) mass is 396 g/mol. The SMILES string of the molecule is [N-]=[N+]=NCC1CCCN(c2cccc3c2C(=O)N(C2CCC(=O)NC2=O)C3=O)C1. The summed E-state index contributed by atoms with van der Waals surface area (Å²) in [6.07, 6.45) is 2.03. The Bertz CT molecular complexity index is 954. The highest BCUT2D eigenvalue weighted by Gasteiger charge is 2.46. The Kier molecular flexibility index (Phi) is 4.94. The molecule has 3 aliphatic rings. The maximum Gasteiger partial charge on any atom is 0.264 e. The topological polar surface area (TPSA) is 136 Å². The molecule has 4 rings (SSSR count). The first-order chi connectivity index (χ1) is 14.0. The van der Waals surface area contributed by atoms with Gasteiger partial charge < -0.3 is 4.90 Å². The van der Waals surface area contributed by atoms with Crippen LogP contribution in [0.4, 0.5) is 5.69 Å². The molecule has 0 aromatic heterocycles. The average molecular weight is 396 g/mol. The standard InChI is InChI=1S/C19H20N6O4/c20-23-21-9-11-3-2-8-24(10-11)13-5-1-4-12-16(13)19(29)25(18(12)28)14-6-7-15(26)22-17(14)27/h1,4-5,11,14H,2-3,6-10H2,(H,22,26,27). The van der Waals surface area contributed by atoms with E-state index in [1.807, 2.05) is 4.90 Å². The fraction of sp³-hybridized carbons (Fsp3) is 0.474. The van der Waals surface area contributed by atoms with Crippen LogP contribution in [0.2, 0.25) is 0 Å². The second-order valence-corrected chi connectivity index (χ2v) is 7.51. The van der Waals surface area contributed by atoms with Crippen molar-refractivity contribution < 1.29 is 19.2 Å². The van der Waals surface area contributed by atoms with Crippen LogP contribution in [0, 0.1) is 5.92 Å². The zero-order chi connectivity index (χ0) is 20.5. The molecule has 2 atom stereocenters. The van der Waals surface area contributed by atoms with Crippen molar-refractivity contribution in [2.75, 3.05) is 24.5 Å². The Balaban J connectivity index is 1.64. The molecule has 1 N–H and O–H groups in total. The van der Waals surface area contributed by atoms with Crippen LogP contribution < -0.4 is 10.2 Å². The van der Waals surface area contributed by atoms with E-state index in [0.29, 0.717) is 24.3 Å². The number of rotatable bonds is 4. The Labute approximate surface area is 166 Å². The van der Waals surface area contributed by atoms with Crippen LogP contribution in [-0.4, -0.2) is 54.2 Å². The molecule has 150 valence electrons. The van der Waals surface area contributed by atoms with Gasteiger partial charge in [0.15, 0.2) is 0 Å². The predicted molar refractivity (Wildman–Crippen MR) is 102 cm³/mol. The van der Waals surface area contributed by atoms with Gasteiger partial charge in [-0.1, -0.05) is 11.2 Å². The highest BCUT2D eigenvalue weighted by atomic mass is 16.2. The number of carbonyl (C=O) groups is 4. The molecule has 2 fully saturated rings. The lowest BCUT2D eigenvalue weighted by molar-refractivity contribution is -0.136. The van der Waals surface area contributed by atoms with Crippen LogP contribution in [-0.2, 0) is 9.59 Å². The number of piperidine rings is 2. The second-order valence-electron chi connectivity index (χ2n) is 7.51. The molecule has 2 unspecified atom stereocenters. The van der Waals surface area contributed by atoms with Gasteiger partial charge >= 0.3 is 0 Å². The summed E-state index contributed by atoms with van der Waals surface area (Å²) < 4.78 is 0. The predicted octanol–water partition coefficient (Wildman–Crippen LogP) is 1.61. The molecule has 1 aromatic carbocycles. The zero-order valence-electron chi connectivity index (χ0n) is 15.7. The van der Waals surface area contributed by atoms with Crippen molar-refractivity contribution in [2.45, 2.75) is 31.7 Å². The lowest BCUT2D eigenvalue weighted by Gasteiger charge is -2.34. The molecule has 0 spiro atoms. The van der Waals surface area contributed by atoms with Crippen LogP contribution in [0.1, 0.15) is 46.4 Å². The molecule has 3 aliphatic heterocycles. The zero-order valence-corrected chi connectivity index (χ0v) is 15.7. The Morgan fingerprint density at radius 3 is 2.76 bits per heavy atom. The summed E-state index contributed by atoms with van der Waals surface area (Å²) in [6, 6.07) is 4.14. The van der Waals surface area contributed by atoms with Crippen molar-refractivity contribution in [3.63, 3.8) is 0 Å². The van der Waals surface area contributed by atoms with Crippen molar-refractivity contribution in [1.82, 2.24) is 10.2 Å². The van der Waals surface area contributed by atoms with Crippen molar-refractivity contribution in [2.24, 2.45) is 11.0 Å². The molecule has 2 saturated heterocycles. The van der Waals surface area contributed by atoms with E-state index in [-0.39, 0.29) is 24.3 Å². The van der Waals surface area contributed by atoms with Gasteiger partial charge in [-0.05, 0) is 42.8 Å². The van der Waals surface area contributed by atoms with Gasteiger partial charge in [-0.3, -0.25) is 29.4 Å². The van der Waals surface area contributed by atoms with Crippen LogP contribution in [0.15, 0.2) is 23.3 Å². The maximum atomic E-state index is 13.2. The van der Waals surface area contributed by atoms with Gasteiger partial charge in [0.05, 0.1) is 16.8 Å².